The molecule has 0 saturated heterocycles. The number of rotatable bonds is 1. The zero-order chi connectivity index (χ0) is 11.0. The molecule has 0 aliphatic heterocycles. The van der Waals surface area contributed by atoms with Gasteiger partial charge in [-0.3, -0.25) is 4.98 Å². The van der Waals surface area contributed by atoms with Crippen LogP contribution in [0.3, 0.4) is 0 Å². The zero-order valence-corrected chi connectivity index (χ0v) is 8.38. The molecule has 4 nitrogen and oxygen atoms in total. The van der Waals surface area contributed by atoms with Gasteiger partial charge in [0, 0.05) is 11.8 Å². The Balaban J connectivity index is 2.25. The van der Waals surface area contributed by atoms with Crippen molar-refractivity contribution in [2.75, 3.05) is 0 Å². The average Bonchev–Trinajstić information content (AvgIpc) is 2.78. The molecule has 0 aliphatic rings. The van der Waals surface area contributed by atoms with Crippen molar-refractivity contribution in [3.63, 3.8) is 0 Å². The van der Waals surface area contributed by atoms with E-state index < -0.39 is 0 Å². The summed E-state index contributed by atoms with van der Waals surface area (Å²) in [6.45, 7) is 0. The molecule has 0 unspecified atom stereocenters. The molecule has 1 aromatic carbocycles. The topological polar surface area (TPSA) is 61.8 Å². The van der Waals surface area contributed by atoms with E-state index in [0.717, 1.165) is 22.2 Å². The molecule has 0 spiro atoms. The molecule has 0 aliphatic carbocycles. The fraction of sp³-hybridized carbons (Fsp3) is 0. The second-order valence-corrected chi connectivity index (χ2v) is 3.53. The van der Waals surface area contributed by atoms with Crippen LogP contribution in [0.25, 0.3) is 22.2 Å². The van der Waals surface area contributed by atoms with Gasteiger partial charge in [0.2, 0.25) is 0 Å². The molecule has 0 bridgehead atoms. The summed E-state index contributed by atoms with van der Waals surface area (Å²) < 4.78 is 0. The molecule has 0 fully saturated rings. The van der Waals surface area contributed by atoms with Gasteiger partial charge < -0.3 is 10.1 Å². The number of aromatic nitrogens is 3. The Morgan fingerprint density at radius 1 is 1.06 bits per heavy atom. The minimum absolute atomic E-state index is 0.255. The number of nitrogens with zero attached hydrogens (tertiary/aromatic N) is 2. The van der Waals surface area contributed by atoms with E-state index in [0.29, 0.717) is 0 Å². The molecular formula is C12H9N3O. The second kappa shape index (κ2) is 3.34. The number of hydrogen-bond donors (Lipinski definition) is 2. The van der Waals surface area contributed by atoms with Crippen molar-refractivity contribution in [2.24, 2.45) is 0 Å². The van der Waals surface area contributed by atoms with Crippen molar-refractivity contribution in [1.29, 1.82) is 0 Å². The molecule has 2 heterocycles. The van der Waals surface area contributed by atoms with Gasteiger partial charge in [-0.25, -0.2) is 4.98 Å². The first-order chi connectivity index (χ1) is 7.84. The van der Waals surface area contributed by atoms with Crippen LogP contribution >= 0.6 is 0 Å². The van der Waals surface area contributed by atoms with Crippen molar-refractivity contribution in [2.45, 2.75) is 0 Å². The highest BCUT2D eigenvalue weighted by atomic mass is 16.3. The van der Waals surface area contributed by atoms with Gasteiger partial charge in [-0.15, -0.1) is 0 Å². The molecule has 2 N–H and O–H groups in total. The summed E-state index contributed by atoms with van der Waals surface area (Å²) in [6, 6.07) is 7.00. The molecule has 3 rings (SSSR count). The van der Waals surface area contributed by atoms with Crippen molar-refractivity contribution in [1.82, 2.24) is 15.0 Å². The highest BCUT2D eigenvalue weighted by Gasteiger charge is 2.05. The van der Waals surface area contributed by atoms with E-state index in [1.165, 1.54) is 0 Å². The van der Waals surface area contributed by atoms with Gasteiger partial charge in [0.1, 0.15) is 5.75 Å². The van der Waals surface area contributed by atoms with E-state index in [-0.39, 0.29) is 5.75 Å². The minimum Gasteiger partial charge on any atom is -0.508 e. The summed E-state index contributed by atoms with van der Waals surface area (Å²) in [5.41, 5.74) is 3.74. The predicted molar refractivity (Wildman–Crippen MR) is 61.0 cm³/mol. The number of aromatic hydroxyl groups is 1. The van der Waals surface area contributed by atoms with Gasteiger partial charge in [-0.2, -0.15) is 0 Å². The Labute approximate surface area is 91.6 Å². The first-order valence-electron chi connectivity index (χ1n) is 4.91. The predicted octanol–water partition coefficient (Wildman–Crippen LogP) is 2.33. The molecule has 78 valence electrons. The second-order valence-electron chi connectivity index (χ2n) is 3.53. The third-order valence-corrected chi connectivity index (χ3v) is 2.51. The lowest BCUT2D eigenvalue weighted by atomic mass is 10.1. The van der Waals surface area contributed by atoms with Gasteiger partial charge in [0.15, 0.2) is 0 Å². The van der Waals surface area contributed by atoms with Gasteiger partial charge in [-0.1, -0.05) is 12.1 Å². The van der Waals surface area contributed by atoms with E-state index >= 15 is 0 Å². The molecule has 0 saturated carbocycles. The number of phenols is 1. The van der Waals surface area contributed by atoms with E-state index in [1.54, 1.807) is 30.9 Å². The van der Waals surface area contributed by atoms with Crippen LogP contribution in [-0.4, -0.2) is 20.1 Å². The fourth-order valence-electron chi connectivity index (χ4n) is 1.72. The van der Waals surface area contributed by atoms with E-state index in [4.69, 9.17) is 0 Å². The van der Waals surface area contributed by atoms with Crippen LogP contribution in [0.1, 0.15) is 0 Å². The Morgan fingerprint density at radius 3 is 2.69 bits per heavy atom. The van der Waals surface area contributed by atoms with Crippen LogP contribution in [0.4, 0.5) is 0 Å². The third-order valence-electron chi connectivity index (χ3n) is 2.51. The third kappa shape index (κ3) is 1.32. The Hall–Kier alpha value is -2.36. The normalized spacial score (nSPS) is 10.8. The number of imidazole rings is 1. The standard InChI is InChI=1S/C12H9N3O/c16-9-3-1-8(2-4-9)10-5-13-6-11-12(10)15-7-14-11/h1-7,16H,(H,14,15). The Kier molecular flexibility index (Phi) is 1.86. The molecule has 2 aromatic heterocycles. The van der Waals surface area contributed by atoms with Gasteiger partial charge in [-0.05, 0) is 17.7 Å². The summed E-state index contributed by atoms with van der Waals surface area (Å²) in [6.07, 6.45) is 5.16. The highest BCUT2D eigenvalue weighted by Crippen LogP contribution is 2.26. The lowest BCUT2D eigenvalue weighted by Crippen LogP contribution is -1.82. The van der Waals surface area contributed by atoms with E-state index in [9.17, 15) is 5.11 Å². The number of H-pyrrole nitrogens is 1. The summed E-state index contributed by atoms with van der Waals surface area (Å²) in [5, 5.41) is 9.24. The smallest absolute Gasteiger partial charge is 0.115 e. The minimum atomic E-state index is 0.255. The molecule has 4 heteroatoms. The number of fused-ring (bicyclic) bond motifs is 1. The lowest BCUT2D eigenvalue weighted by molar-refractivity contribution is 0.475. The lowest BCUT2D eigenvalue weighted by Gasteiger charge is -2.01. The zero-order valence-electron chi connectivity index (χ0n) is 8.38. The van der Waals surface area contributed by atoms with Gasteiger partial charge >= 0.3 is 0 Å². The van der Waals surface area contributed by atoms with E-state index in [2.05, 4.69) is 15.0 Å². The quantitative estimate of drug-likeness (QED) is 0.649. The van der Waals surface area contributed by atoms with Crippen molar-refractivity contribution < 1.29 is 5.11 Å². The number of nitrogens with one attached hydrogen (secondary N) is 1. The Bertz CT molecular complexity index is 628. The highest BCUT2D eigenvalue weighted by molar-refractivity contribution is 5.90. The largest absolute Gasteiger partial charge is 0.508 e. The van der Waals surface area contributed by atoms with Crippen LogP contribution in [0.2, 0.25) is 0 Å². The first-order valence-corrected chi connectivity index (χ1v) is 4.91. The molecule has 0 radical (unpaired) electrons. The molecular weight excluding hydrogens is 202 g/mol. The molecule has 0 amide bonds. The van der Waals surface area contributed by atoms with Crippen molar-refractivity contribution >= 4 is 11.0 Å². The van der Waals surface area contributed by atoms with E-state index in [1.807, 2.05) is 12.1 Å². The molecule has 3 aromatic rings. The number of hydrogen-bond acceptors (Lipinski definition) is 3. The molecule has 0 atom stereocenters. The van der Waals surface area contributed by atoms with Crippen molar-refractivity contribution in [3.05, 3.63) is 43.0 Å². The number of aromatic amines is 1. The maximum Gasteiger partial charge on any atom is 0.115 e. The van der Waals surface area contributed by atoms with Crippen molar-refractivity contribution in [3.8, 4) is 16.9 Å². The maximum absolute atomic E-state index is 9.24. The molecule has 16 heavy (non-hydrogen) atoms. The number of benzene rings is 1. The summed E-state index contributed by atoms with van der Waals surface area (Å²) in [7, 11) is 0. The first kappa shape index (κ1) is 8.91. The summed E-state index contributed by atoms with van der Waals surface area (Å²) >= 11 is 0. The van der Waals surface area contributed by atoms with Crippen LogP contribution < -0.4 is 0 Å². The monoisotopic (exact) mass is 211 g/mol. The number of phenolic OH excluding ortho intramolecular Hbond substituents is 1. The average molecular weight is 211 g/mol. The van der Waals surface area contributed by atoms with Crippen LogP contribution in [0.5, 0.6) is 5.75 Å². The summed E-state index contributed by atoms with van der Waals surface area (Å²) in [4.78, 5) is 11.4. The fourth-order valence-corrected chi connectivity index (χ4v) is 1.72. The van der Waals surface area contributed by atoms with Crippen LogP contribution in [-0.2, 0) is 0 Å². The van der Waals surface area contributed by atoms with Crippen LogP contribution in [0.15, 0.2) is 43.0 Å². The summed E-state index contributed by atoms with van der Waals surface area (Å²) in [5.74, 6) is 0.255. The van der Waals surface area contributed by atoms with Gasteiger partial charge in [0.25, 0.3) is 0 Å². The number of pyridine rings is 1. The van der Waals surface area contributed by atoms with Gasteiger partial charge in [0.05, 0.1) is 23.6 Å². The maximum atomic E-state index is 9.24. The SMILES string of the molecule is Oc1ccc(-c2cncc3[nH]cnc23)cc1. The van der Waals surface area contributed by atoms with Crippen LogP contribution in [0, 0.1) is 0 Å². The Morgan fingerprint density at radius 2 is 1.88 bits per heavy atom.